The Balaban J connectivity index is 1.97. The fourth-order valence-electron chi connectivity index (χ4n) is 3.80. The number of carboxylic acids is 1. The predicted octanol–water partition coefficient (Wildman–Crippen LogP) is 2.96. The monoisotopic (exact) mass is 327 g/mol. The normalized spacial score (nSPS) is 26.9. The average molecular weight is 327 g/mol. The van der Waals surface area contributed by atoms with E-state index in [2.05, 4.69) is 0 Å². The Morgan fingerprint density at radius 3 is 2.30 bits per heavy atom. The number of hydrogen-bond donors (Lipinski definition) is 1. The third kappa shape index (κ3) is 2.68. The highest BCUT2D eigenvalue weighted by Gasteiger charge is 2.47. The number of likely N-dealkylation sites (tertiary alicyclic amines) is 1. The molecule has 1 amide bonds. The second-order valence-electron chi connectivity index (χ2n) is 6.17. The maximum absolute atomic E-state index is 13.4. The van der Waals surface area contributed by atoms with Gasteiger partial charge in [-0.2, -0.15) is 0 Å². The summed E-state index contributed by atoms with van der Waals surface area (Å²) in [5, 5.41) is 9.38. The molecule has 1 aliphatic carbocycles. The van der Waals surface area contributed by atoms with Crippen molar-refractivity contribution in [1.29, 1.82) is 0 Å². The zero-order valence-corrected chi connectivity index (χ0v) is 12.3. The summed E-state index contributed by atoms with van der Waals surface area (Å²) in [5.74, 6) is -6.36. The highest BCUT2D eigenvalue weighted by atomic mass is 19.2. The number of aliphatic carboxylic acids is 1. The Labute approximate surface area is 130 Å². The Hall–Kier alpha value is -2.05. The van der Waals surface area contributed by atoms with Crippen LogP contribution in [-0.2, 0) is 4.79 Å². The van der Waals surface area contributed by atoms with Crippen molar-refractivity contribution >= 4 is 11.9 Å². The molecule has 23 heavy (non-hydrogen) atoms. The Kier molecular flexibility index (Phi) is 4.04. The number of amides is 1. The van der Waals surface area contributed by atoms with Gasteiger partial charge >= 0.3 is 5.97 Å². The van der Waals surface area contributed by atoms with Gasteiger partial charge in [0.2, 0.25) is 0 Å². The second kappa shape index (κ2) is 5.86. The van der Waals surface area contributed by atoms with E-state index in [0.29, 0.717) is 25.0 Å². The topological polar surface area (TPSA) is 57.6 Å². The number of hydrogen-bond acceptors (Lipinski definition) is 2. The standard InChI is InChI=1S/C16H16F3NO3/c17-10-5-9(6-11(18)14(10)19)15(21)20-12-4-2-1-3-8(12)7-13(20)16(22)23/h5-6,8,12-13H,1-4,7H2,(H,22,23)/t8-,12-,13-/m0/s1. The Morgan fingerprint density at radius 1 is 1.09 bits per heavy atom. The number of carboxylic acid groups (broad SMARTS) is 1. The van der Waals surface area contributed by atoms with Crippen LogP contribution in [0.25, 0.3) is 0 Å². The van der Waals surface area contributed by atoms with Gasteiger partial charge in [-0.3, -0.25) is 4.79 Å². The molecule has 2 aliphatic rings. The Morgan fingerprint density at radius 2 is 1.70 bits per heavy atom. The van der Waals surface area contributed by atoms with Gasteiger partial charge in [-0.1, -0.05) is 12.8 Å². The molecule has 1 saturated heterocycles. The van der Waals surface area contributed by atoms with Crippen LogP contribution in [0.3, 0.4) is 0 Å². The minimum absolute atomic E-state index is 0.0870. The molecule has 0 radical (unpaired) electrons. The minimum atomic E-state index is -1.65. The van der Waals surface area contributed by atoms with Gasteiger partial charge in [0, 0.05) is 11.6 Å². The fraction of sp³-hybridized carbons (Fsp3) is 0.500. The number of benzene rings is 1. The predicted molar refractivity (Wildman–Crippen MR) is 74.3 cm³/mol. The van der Waals surface area contributed by atoms with Gasteiger partial charge < -0.3 is 10.0 Å². The van der Waals surface area contributed by atoms with E-state index in [1.54, 1.807) is 0 Å². The molecule has 7 heteroatoms. The van der Waals surface area contributed by atoms with Gasteiger partial charge in [0.05, 0.1) is 0 Å². The number of fused-ring (bicyclic) bond motifs is 1. The first-order valence-electron chi connectivity index (χ1n) is 7.60. The van der Waals surface area contributed by atoms with Crippen LogP contribution < -0.4 is 0 Å². The summed E-state index contributed by atoms with van der Waals surface area (Å²) in [6, 6.07) is -0.00803. The summed E-state index contributed by atoms with van der Waals surface area (Å²) in [4.78, 5) is 25.3. The molecule has 1 aromatic carbocycles. The van der Waals surface area contributed by atoms with Crippen molar-refractivity contribution in [2.75, 3.05) is 0 Å². The summed E-state index contributed by atoms with van der Waals surface area (Å²) in [6.45, 7) is 0. The van der Waals surface area contributed by atoms with Gasteiger partial charge in [0.15, 0.2) is 17.5 Å². The van der Waals surface area contributed by atoms with Crippen LogP contribution in [-0.4, -0.2) is 34.0 Å². The molecule has 1 heterocycles. The average Bonchev–Trinajstić information content (AvgIpc) is 2.91. The fourth-order valence-corrected chi connectivity index (χ4v) is 3.80. The van der Waals surface area contributed by atoms with E-state index in [9.17, 15) is 27.9 Å². The third-order valence-electron chi connectivity index (χ3n) is 4.84. The summed E-state index contributed by atoms with van der Waals surface area (Å²) in [5.41, 5.74) is -0.362. The smallest absolute Gasteiger partial charge is 0.326 e. The van der Waals surface area contributed by atoms with Crippen LogP contribution in [0.1, 0.15) is 42.5 Å². The second-order valence-corrected chi connectivity index (χ2v) is 6.17. The molecule has 124 valence electrons. The lowest BCUT2D eigenvalue weighted by Crippen LogP contribution is -2.46. The molecule has 3 atom stereocenters. The first-order chi connectivity index (χ1) is 10.9. The van der Waals surface area contributed by atoms with Crippen molar-refractivity contribution in [3.63, 3.8) is 0 Å². The van der Waals surface area contributed by atoms with Gasteiger partial charge in [-0.25, -0.2) is 18.0 Å². The largest absolute Gasteiger partial charge is 0.480 e. The maximum atomic E-state index is 13.4. The molecule has 0 aromatic heterocycles. The number of carbonyl (C=O) groups excluding carboxylic acids is 1. The first kappa shape index (κ1) is 15.8. The van der Waals surface area contributed by atoms with Crippen LogP contribution in [0, 0.1) is 23.4 Å². The summed E-state index contributed by atoms with van der Waals surface area (Å²) >= 11 is 0. The molecule has 2 fully saturated rings. The van der Waals surface area contributed by atoms with Crippen molar-refractivity contribution < 1.29 is 27.9 Å². The first-order valence-corrected chi connectivity index (χ1v) is 7.60. The van der Waals surface area contributed by atoms with Gasteiger partial charge in [-0.15, -0.1) is 0 Å². The van der Waals surface area contributed by atoms with E-state index in [4.69, 9.17) is 0 Å². The zero-order valence-electron chi connectivity index (χ0n) is 12.3. The molecule has 1 saturated carbocycles. The van der Waals surface area contributed by atoms with E-state index in [-0.39, 0.29) is 17.5 Å². The maximum Gasteiger partial charge on any atom is 0.326 e. The third-order valence-corrected chi connectivity index (χ3v) is 4.84. The highest BCUT2D eigenvalue weighted by Crippen LogP contribution is 2.40. The van der Waals surface area contributed by atoms with E-state index >= 15 is 0 Å². The van der Waals surface area contributed by atoms with Crippen LogP contribution in [0.15, 0.2) is 12.1 Å². The minimum Gasteiger partial charge on any atom is -0.480 e. The zero-order chi connectivity index (χ0) is 16.7. The molecule has 0 unspecified atom stereocenters. The number of carbonyl (C=O) groups is 2. The SMILES string of the molecule is O=C(O)[C@@H]1C[C@@H]2CCCC[C@@H]2N1C(=O)c1cc(F)c(F)c(F)c1. The van der Waals surface area contributed by atoms with Crippen molar-refractivity contribution in [3.8, 4) is 0 Å². The molecule has 1 aliphatic heterocycles. The van der Waals surface area contributed by atoms with Crippen molar-refractivity contribution in [2.24, 2.45) is 5.92 Å². The molecule has 3 rings (SSSR count). The number of halogens is 3. The highest BCUT2D eigenvalue weighted by molar-refractivity contribution is 5.97. The summed E-state index contributed by atoms with van der Waals surface area (Å²) in [6.07, 6.45) is 3.72. The van der Waals surface area contributed by atoms with Crippen molar-refractivity contribution in [3.05, 3.63) is 35.1 Å². The molecule has 0 bridgehead atoms. The van der Waals surface area contributed by atoms with E-state index in [1.807, 2.05) is 0 Å². The number of nitrogens with zero attached hydrogens (tertiary/aromatic N) is 1. The number of rotatable bonds is 2. The lowest BCUT2D eigenvalue weighted by molar-refractivity contribution is -0.141. The molecule has 0 spiro atoms. The van der Waals surface area contributed by atoms with Crippen LogP contribution >= 0.6 is 0 Å². The van der Waals surface area contributed by atoms with Crippen LogP contribution in [0.4, 0.5) is 13.2 Å². The molecular formula is C16H16F3NO3. The molecule has 1 N–H and O–H groups in total. The van der Waals surface area contributed by atoms with E-state index in [1.165, 1.54) is 4.90 Å². The lowest BCUT2D eigenvalue weighted by Gasteiger charge is -2.33. The van der Waals surface area contributed by atoms with E-state index < -0.39 is 35.4 Å². The van der Waals surface area contributed by atoms with E-state index in [0.717, 1.165) is 19.3 Å². The lowest BCUT2D eigenvalue weighted by atomic mass is 9.84. The summed E-state index contributed by atoms with van der Waals surface area (Å²) < 4.78 is 39.8. The van der Waals surface area contributed by atoms with Gasteiger partial charge in [0.25, 0.3) is 5.91 Å². The van der Waals surface area contributed by atoms with Gasteiger partial charge in [0.1, 0.15) is 6.04 Å². The Bertz CT molecular complexity index is 641. The summed E-state index contributed by atoms with van der Waals surface area (Å²) in [7, 11) is 0. The van der Waals surface area contributed by atoms with Gasteiger partial charge in [-0.05, 0) is 37.3 Å². The molecule has 1 aromatic rings. The molecular weight excluding hydrogens is 311 g/mol. The molecule has 4 nitrogen and oxygen atoms in total. The quantitative estimate of drug-likeness (QED) is 0.850. The van der Waals surface area contributed by atoms with Crippen molar-refractivity contribution in [2.45, 2.75) is 44.2 Å². The van der Waals surface area contributed by atoms with Crippen LogP contribution in [0.5, 0.6) is 0 Å². The van der Waals surface area contributed by atoms with Crippen LogP contribution in [0.2, 0.25) is 0 Å². The van der Waals surface area contributed by atoms with Crippen molar-refractivity contribution in [1.82, 2.24) is 4.90 Å².